The predicted molar refractivity (Wildman–Crippen MR) is 62.8 cm³/mol. The second-order valence-electron chi connectivity index (χ2n) is 4.46. The number of hydrogen-bond acceptors (Lipinski definition) is 4. The molecule has 0 spiro atoms. The molecular weight excluding hydrogens is 236 g/mol. The van der Waals surface area contributed by atoms with Crippen LogP contribution in [0.3, 0.4) is 0 Å². The molecule has 0 radical (unpaired) electrons. The number of primary amides is 1. The number of aromatic carboxylic acids is 1. The molecule has 1 fully saturated rings. The molecular formula is C11H16N4O3. The Morgan fingerprint density at radius 2 is 2.33 bits per heavy atom. The molecule has 7 heteroatoms. The second-order valence-corrected chi connectivity index (χ2v) is 4.46. The van der Waals surface area contributed by atoms with E-state index in [0.717, 1.165) is 19.4 Å². The fraction of sp³-hybridized carbons (Fsp3) is 0.545. The molecule has 7 nitrogen and oxygen atoms in total. The summed E-state index contributed by atoms with van der Waals surface area (Å²) in [5.41, 5.74) is 6.10. The summed E-state index contributed by atoms with van der Waals surface area (Å²) in [6.07, 6.45) is 2.95. The maximum atomic E-state index is 11.3. The van der Waals surface area contributed by atoms with Crippen molar-refractivity contribution in [1.29, 1.82) is 0 Å². The summed E-state index contributed by atoms with van der Waals surface area (Å²) in [5.74, 6) is -1.36. The molecule has 1 saturated heterocycles. The molecule has 18 heavy (non-hydrogen) atoms. The zero-order valence-corrected chi connectivity index (χ0v) is 10.2. The first-order chi connectivity index (χ1) is 8.50. The van der Waals surface area contributed by atoms with Crippen LogP contribution >= 0.6 is 0 Å². The molecule has 3 N–H and O–H groups in total. The second kappa shape index (κ2) is 4.77. The fourth-order valence-electron chi connectivity index (χ4n) is 2.36. The monoisotopic (exact) mass is 252 g/mol. The van der Waals surface area contributed by atoms with Crippen molar-refractivity contribution in [2.75, 3.05) is 6.54 Å². The highest BCUT2D eigenvalue weighted by Gasteiger charge is 2.30. The van der Waals surface area contributed by atoms with Crippen LogP contribution in [0.25, 0.3) is 0 Å². The molecule has 1 aliphatic heterocycles. The van der Waals surface area contributed by atoms with E-state index in [0.29, 0.717) is 12.2 Å². The largest absolute Gasteiger partial charge is 0.478 e. The van der Waals surface area contributed by atoms with Crippen molar-refractivity contribution < 1.29 is 14.7 Å². The molecule has 0 aliphatic carbocycles. The third-order valence-corrected chi connectivity index (χ3v) is 3.34. The van der Waals surface area contributed by atoms with Crippen molar-refractivity contribution in [1.82, 2.24) is 14.7 Å². The Morgan fingerprint density at radius 3 is 2.94 bits per heavy atom. The smallest absolute Gasteiger partial charge is 0.339 e. The zero-order chi connectivity index (χ0) is 13.3. The van der Waals surface area contributed by atoms with Crippen LogP contribution in [0, 0.1) is 0 Å². The number of amides is 1. The lowest BCUT2D eigenvalue weighted by Gasteiger charge is -2.21. The number of carboxylic acid groups (broad SMARTS) is 1. The lowest BCUT2D eigenvalue weighted by atomic mass is 10.2. The SMILES string of the molecule is Cn1ncc(C(=O)O)c1CN1CCCC1C(N)=O. The Morgan fingerprint density at radius 1 is 1.61 bits per heavy atom. The number of carboxylic acids is 1. The van der Waals surface area contributed by atoms with Gasteiger partial charge in [-0.15, -0.1) is 0 Å². The van der Waals surface area contributed by atoms with E-state index in [-0.39, 0.29) is 17.5 Å². The number of aromatic nitrogens is 2. The maximum absolute atomic E-state index is 11.3. The summed E-state index contributed by atoms with van der Waals surface area (Å²) in [5, 5.41) is 13.0. The number of carbonyl (C=O) groups excluding carboxylic acids is 1. The molecule has 2 rings (SSSR count). The van der Waals surface area contributed by atoms with Crippen molar-refractivity contribution in [3.63, 3.8) is 0 Å². The Labute approximate surface area is 104 Å². The number of carbonyl (C=O) groups is 2. The Hall–Kier alpha value is -1.89. The van der Waals surface area contributed by atoms with Crippen LogP contribution in [-0.4, -0.2) is 44.3 Å². The van der Waals surface area contributed by atoms with Gasteiger partial charge in [-0.1, -0.05) is 0 Å². The lowest BCUT2D eigenvalue weighted by Crippen LogP contribution is -2.40. The van der Waals surface area contributed by atoms with Crippen LogP contribution in [0.1, 0.15) is 28.9 Å². The minimum atomic E-state index is -1.01. The number of hydrogen-bond donors (Lipinski definition) is 2. The van der Waals surface area contributed by atoms with Crippen LogP contribution in [0.4, 0.5) is 0 Å². The highest BCUT2D eigenvalue weighted by atomic mass is 16.4. The van der Waals surface area contributed by atoms with Crippen molar-refractivity contribution in [2.24, 2.45) is 12.8 Å². The minimum absolute atomic E-state index is 0.174. The third kappa shape index (κ3) is 2.21. The van der Waals surface area contributed by atoms with E-state index in [1.807, 2.05) is 4.90 Å². The van der Waals surface area contributed by atoms with Crippen molar-refractivity contribution >= 4 is 11.9 Å². The van der Waals surface area contributed by atoms with Gasteiger partial charge in [-0.3, -0.25) is 14.4 Å². The van der Waals surface area contributed by atoms with E-state index in [4.69, 9.17) is 10.8 Å². The highest BCUT2D eigenvalue weighted by Crippen LogP contribution is 2.21. The number of rotatable bonds is 4. The van der Waals surface area contributed by atoms with E-state index in [1.165, 1.54) is 10.9 Å². The molecule has 1 aromatic heterocycles. The van der Waals surface area contributed by atoms with E-state index < -0.39 is 5.97 Å². The Kier molecular flexibility index (Phi) is 3.33. The molecule has 1 atom stereocenters. The molecule has 0 saturated carbocycles. The van der Waals surface area contributed by atoms with Gasteiger partial charge in [-0.25, -0.2) is 4.79 Å². The molecule has 2 heterocycles. The minimum Gasteiger partial charge on any atom is -0.478 e. The molecule has 1 unspecified atom stereocenters. The lowest BCUT2D eigenvalue weighted by molar-refractivity contribution is -0.122. The fourth-order valence-corrected chi connectivity index (χ4v) is 2.36. The highest BCUT2D eigenvalue weighted by molar-refractivity contribution is 5.88. The maximum Gasteiger partial charge on any atom is 0.339 e. The quantitative estimate of drug-likeness (QED) is 0.757. The van der Waals surface area contributed by atoms with Crippen LogP contribution in [0.2, 0.25) is 0 Å². The predicted octanol–water partition coefficient (Wildman–Crippen LogP) is -0.432. The standard InChI is InChI=1S/C11H16N4O3/c1-14-9(7(5-13-14)11(17)18)6-15-4-2-3-8(15)10(12)16/h5,8H,2-4,6H2,1H3,(H2,12,16)(H,17,18). The number of aryl methyl sites for hydroxylation is 1. The Balaban J connectivity index is 2.21. The van der Waals surface area contributed by atoms with Gasteiger partial charge in [0.15, 0.2) is 0 Å². The van der Waals surface area contributed by atoms with Crippen molar-refractivity contribution in [2.45, 2.75) is 25.4 Å². The molecule has 1 aliphatic rings. The van der Waals surface area contributed by atoms with Gasteiger partial charge in [0.25, 0.3) is 0 Å². The topological polar surface area (TPSA) is 101 Å². The Bertz CT molecular complexity index is 483. The number of nitrogens with two attached hydrogens (primary N) is 1. The summed E-state index contributed by atoms with van der Waals surface area (Å²) >= 11 is 0. The summed E-state index contributed by atoms with van der Waals surface area (Å²) < 4.78 is 1.53. The van der Waals surface area contributed by atoms with Gasteiger partial charge in [0.1, 0.15) is 5.56 Å². The average Bonchev–Trinajstić information content (AvgIpc) is 2.87. The first kappa shape index (κ1) is 12.6. The van der Waals surface area contributed by atoms with Gasteiger partial charge < -0.3 is 10.8 Å². The molecule has 1 aromatic rings. The zero-order valence-electron chi connectivity index (χ0n) is 10.2. The first-order valence-electron chi connectivity index (χ1n) is 5.78. The summed E-state index contributed by atoms with van der Waals surface area (Å²) in [4.78, 5) is 24.3. The van der Waals surface area contributed by atoms with Gasteiger partial charge in [-0.05, 0) is 19.4 Å². The summed E-state index contributed by atoms with van der Waals surface area (Å²) in [6.45, 7) is 1.13. The van der Waals surface area contributed by atoms with E-state index in [9.17, 15) is 9.59 Å². The number of nitrogens with zero attached hydrogens (tertiary/aromatic N) is 3. The van der Waals surface area contributed by atoms with Gasteiger partial charge in [0, 0.05) is 13.6 Å². The molecule has 98 valence electrons. The van der Waals surface area contributed by atoms with Gasteiger partial charge in [0.05, 0.1) is 17.9 Å². The van der Waals surface area contributed by atoms with Crippen LogP contribution < -0.4 is 5.73 Å². The van der Waals surface area contributed by atoms with E-state index >= 15 is 0 Å². The van der Waals surface area contributed by atoms with Gasteiger partial charge in [0.2, 0.25) is 5.91 Å². The normalized spacial score (nSPS) is 20.2. The first-order valence-corrected chi connectivity index (χ1v) is 5.78. The molecule has 0 bridgehead atoms. The molecule has 0 aromatic carbocycles. The van der Waals surface area contributed by atoms with Crippen LogP contribution in [-0.2, 0) is 18.4 Å². The van der Waals surface area contributed by atoms with Crippen LogP contribution in [0.5, 0.6) is 0 Å². The summed E-state index contributed by atoms with van der Waals surface area (Å²) in [7, 11) is 1.69. The molecule has 1 amide bonds. The van der Waals surface area contributed by atoms with E-state index in [2.05, 4.69) is 5.10 Å². The summed E-state index contributed by atoms with van der Waals surface area (Å²) in [6, 6.07) is -0.304. The van der Waals surface area contributed by atoms with Gasteiger partial charge >= 0.3 is 5.97 Å². The van der Waals surface area contributed by atoms with Gasteiger partial charge in [-0.2, -0.15) is 5.10 Å². The van der Waals surface area contributed by atoms with E-state index in [1.54, 1.807) is 7.05 Å². The van der Waals surface area contributed by atoms with Crippen molar-refractivity contribution in [3.8, 4) is 0 Å². The van der Waals surface area contributed by atoms with Crippen molar-refractivity contribution in [3.05, 3.63) is 17.5 Å². The van der Waals surface area contributed by atoms with Crippen LogP contribution in [0.15, 0.2) is 6.20 Å². The third-order valence-electron chi connectivity index (χ3n) is 3.34. The average molecular weight is 252 g/mol. The number of likely N-dealkylation sites (tertiary alicyclic amines) is 1.